The molecule has 0 fully saturated rings. The molecule has 1 aromatic carbocycles. The third-order valence-corrected chi connectivity index (χ3v) is 3.47. The monoisotopic (exact) mass is 287 g/mol. The molecule has 0 bridgehead atoms. The number of hydrogen-bond acceptors (Lipinski definition) is 3. The Hall–Kier alpha value is -1.81. The van der Waals surface area contributed by atoms with Gasteiger partial charge in [0.1, 0.15) is 11.4 Å². The number of benzene rings is 1. The van der Waals surface area contributed by atoms with E-state index in [1.165, 1.54) is 11.3 Å². The summed E-state index contributed by atoms with van der Waals surface area (Å²) in [4.78, 5) is 0. The van der Waals surface area contributed by atoms with Crippen molar-refractivity contribution >= 4 is 0 Å². The maximum absolute atomic E-state index is 5.44. The van der Waals surface area contributed by atoms with Gasteiger partial charge in [0, 0.05) is 17.8 Å². The molecule has 21 heavy (non-hydrogen) atoms. The highest BCUT2D eigenvalue weighted by atomic mass is 16.5. The molecular formula is C17H25N3O. The lowest BCUT2D eigenvalue weighted by Crippen LogP contribution is -2.19. The molecule has 2 aromatic rings. The first kappa shape index (κ1) is 15.6. The van der Waals surface area contributed by atoms with E-state index in [9.17, 15) is 0 Å². The molecular weight excluding hydrogens is 262 g/mol. The van der Waals surface area contributed by atoms with E-state index in [2.05, 4.69) is 31.2 Å². The van der Waals surface area contributed by atoms with Crippen LogP contribution in [0.2, 0.25) is 0 Å². The molecule has 0 aliphatic rings. The number of methoxy groups -OCH3 is 1. The second-order valence-electron chi connectivity index (χ2n) is 5.58. The van der Waals surface area contributed by atoms with Gasteiger partial charge in [-0.2, -0.15) is 5.10 Å². The van der Waals surface area contributed by atoms with Crippen LogP contribution in [0.15, 0.2) is 30.5 Å². The zero-order valence-corrected chi connectivity index (χ0v) is 13.4. The Bertz CT molecular complexity index is 575. The maximum atomic E-state index is 5.44. The minimum absolute atomic E-state index is 0.652. The summed E-state index contributed by atoms with van der Waals surface area (Å²) in [6.45, 7) is 8.46. The summed E-state index contributed by atoms with van der Waals surface area (Å²) < 4.78 is 7.44. The van der Waals surface area contributed by atoms with Crippen molar-refractivity contribution in [2.75, 3.05) is 13.7 Å². The highest BCUT2D eigenvalue weighted by Gasteiger charge is 2.13. The first-order valence-corrected chi connectivity index (χ1v) is 7.57. The Morgan fingerprint density at radius 2 is 2.05 bits per heavy atom. The molecule has 0 saturated heterocycles. The summed E-state index contributed by atoms with van der Waals surface area (Å²) >= 11 is 0. The highest BCUT2D eigenvalue weighted by Crippen LogP contribution is 2.24. The summed E-state index contributed by atoms with van der Waals surface area (Å²) in [5, 5.41) is 8.04. The zero-order chi connectivity index (χ0) is 15.2. The van der Waals surface area contributed by atoms with Gasteiger partial charge in [-0.25, -0.2) is 4.68 Å². The summed E-state index contributed by atoms with van der Waals surface area (Å²) in [7, 11) is 1.69. The second-order valence-corrected chi connectivity index (χ2v) is 5.58. The predicted molar refractivity (Wildman–Crippen MR) is 86.0 cm³/mol. The van der Waals surface area contributed by atoms with E-state index < -0.39 is 0 Å². The van der Waals surface area contributed by atoms with Gasteiger partial charge in [-0.1, -0.05) is 32.9 Å². The van der Waals surface area contributed by atoms with Gasteiger partial charge in [0.25, 0.3) is 0 Å². The number of nitrogens with zero attached hydrogens (tertiary/aromatic N) is 2. The lowest BCUT2D eigenvalue weighted by molar-refractivity contribution is 0.411. The van der Waals surface area contributed by atoms with Crippen molar-refractivity contribution in [3.63, 3.8) is 0 Å². The van der Waals surface area contributed by atoms with Gasteiger partial charge in [0.2, 0.25) is 0 Å². The summed E-state index contributed by atoms with van der Waals surface area (Å²) in [5.41, 5.74) is 3.48. The van der Waals surface area contributed by atoms with E-state index in [1.54, 1.807) is 7.11 Å². The highest BCUT2D eigenvalue weighted by molar-refractivity contribution is 5.47. The van der Waals surface area contributed by atoms with Crippen LogP contribution < -0.4 is 10.1 Å². The van der Waals surface area contributed by atoms with Crippen LogP contribution in [0.5, 0.6) is 5.75 Å². The summed E-state index contributed by atoms with van der Waals surface area (Å²) in [6, 6.07) is 7.99. The molecule has 4 heteroatoms. The average molecular weight is 287 g/mol. The number of hydrogen-bond donors (Lipinski definition) is 1. The molecule has 0 atom stereocenters. The molecule has 0 aliphatic carbocycles. The van der Waals surface area contributed by atoms with Crippen LogP contribution in [-0.4, -0.2) is 23.4 Å². The quantitative estimate of drug-likeness (QED) is 0.850. The van der Waals surface area contributed by atoms with Crippen molar-refractivity contribution in [3.05, 3.63) is 41.7 Å². The standard InChI is InChI=1S/C17H25N3O/c1-5-15-14(11-18-10-13(2)3)12-19-20(15)16-8-6-7-9-17(16)21-4/h6-9,12-13,18H,5,10-11H2,1-4H3. The third-order valence-electron chi connectivity index (χ3n) is 3.47. The third kappa shape index (κ3) is 3.64. The lowest BCUT2D eigenvalue weighted by atomic mass is 10.1. The number of aromatic nitrogens is 2. The van der Waals surface area contributed by atoms with E-state index in [0.29, 0.717) is 5.92 Å². The minimum atomic E-state index is 0.652. The zero-order valence-electron chi connectivity index (χ0n) is 13.4. The molecule has 0 saturated carbocycles. The van der Waals surface area contributed by atoms with E-state index >= 15 is 0 Å². The minimum Gasteiger partial charge on any atom is -0.494 e. The fourth-order valence-electron chi connectivity index (χ4n) is 2.44. The number of ether oxygens (including phenoxy) is 1. The molecule has 0 aliphatic heterocycles. The van der Waals surface area contributed by atoms with Gasteiger partial charge in [0.05, 0.1) is 13.3 Å². The lowest BCUT2D eigenvalue weighted by Gasteiger charge is -2.12. The van der Waals surface area contributed by atoms with Crippen molar-refractivity contribution in [2.45, 2.75) is 33.7 Å². The van der Waals surface area contributed by atoms with E-state index in [1.807, 2.05) is 35.1 Å². The molecule has 4 nitrogen and oxygen atoms in total. The summed E-state index contributed by atoms with van der Waals surface area (Å²) in [6.07, 6.45) is 2.90. The largest absolute Gasteiger partial charge is 0.494 e. The topological polar surface area (TPSA) is 39.1 Å². The number of rotatable bonds is 7. The molecule has 0 amide bonds. The molecule has 114 valence electrons. The van der Waals surface area contributed by atoms with Crippen molar-refractivity contribution in [3.8, 4) is 11.4 Å². The maximum Gasteiger partial charge on any atom is 0.144 e. The van der Waals surface area contributed by atoms with Crippen molar-refractivity contribution in [1.29, 1.82) is 0 Å². The molecule has 2 rings (SSSR count). The Balaban J connectivity index is 2.27. The van der Waals surface area contributed by atoms with Gasteiger partial charge in [-0.15, -0.1) is 0 Å². The molecule has 1 aromatic heterocycles. The van der Waals surface area contributed by atoms with E-state index in [-0.39, 0.29) is 0 Å². The van der Waals surface area contributed by atoms with Crippen LogP contribution in [0.3, 0.4) is 0 Å². The summed E-state index contributed by atoms with van der Waals surface area (Å²) in [5.74, 6) is 1.50. The van der Waals surface area contributed by atoms with Crippen molar-refractivity contribution in [1.82, 2.24) is 15.1 Å². The first-order chi connectivity index (χ1) is 10.2. The Morgan fingerprint density at radius 1 is 1.29 bits per heavy atom. The Labute approximate surface area is 127 Å². The second kappa shape index (κ2) is 7.27. The van der Waals surface area contributed by atoms with Gasteiger partial charge in [0.15, 0.2) is 0 Å². The molecule has 0 spiro atoms. The normalized spacial score (nSPS) is 11.1. The number of para-hydroxylation sites is 2. The van der Waals surface area contributed by atoms with Crippen LogP contribution in [0, 0.1) is 5.92 Å². The molecule has 0 unspecified atom stereocenters. The van der Waals surface area contributed by atoms with Crippen LogP contribution in [-0.2, 0) is 13.0 Å². The van der Waals surface area contributed by atoms with E-state index in [4.69, 9.17) is 4.74 Å². The Morgan fingerprint density at radius 3 is 2.71 bits per heavy atom. The van der Waals surface area contributed by atoms with Gasteiger partial charge >= 0.3 is 0 Å². The smallest absolute Gasteiger partial charge is 0.144 e. The van der Waals surface area contributed by atoms with E-state index in [0.717, 1.165) is 30.9 Å². The van der Waals surface area contributed by atoms with Gasteiger partial charge in [-0.3, -0.25) is 0 Å². The molecule has 0 radical (unpaired) electrons. The van der Waals surface area contributed by atoms with Gasteiger partial charge < -0.3 is 10.1 Å². The predicted octanol–water partition coefficient (Wildman–Crippen LogP) is 3.19. The van der Waals surface area contributed by atoms with Crippen LogP contribution in [0.4, 0.5) is 0 Å². The van der Waals surface area contributed by atoms with Crippen molar-refractivity contribution < 1.29 is 4.74 Å². The fourth-order valence-corrected chi connectivity index (χ4v) is 2.44. The average Bonchev–Trinajstić information content (AvgIpc) is 2.89. The van der Waals surface area contributed by atoms with Crippen LogP contribution in [0.1, 0.15) is 32.0 Å². The SMILES string of the molecule is CCc1c(CNCC(C)C)cnn1-c1ccccc1OC. The Kier molecular flexibility index (Phi) is 5.39. The fraction of sp³-hybridized carbons (Fsp3) is 0.471. The molecule has 1 N–H and O–H groups in total. The van der Waals surface area contributed by atoms with Crippen molar-refractivity contribution in [2.24, 2.45) is 5.92 Å². The first-order valence-electron chi connectivity index (χ1n) is 7.57. The molecule has 1 heterocycles. The van der Waals surface area contributed by atoms with Crippen LogP contribution >= 0.6 is 0 Å². The van der Waals surface area contributed by atoms with Crippen LogP contribution in [0.25, 0.3) is 5.69 Å². The van der Waals surface area contributed by atoms with Gasteiger partial charge in [-0.05, 0) is 31.0 Å². The number of nitrogens with one attached hydrogen (secondary N) is 1.